The highest BCUT2D eigenvalue weighted by molar-refractivity contribution is 8.01. The molecule has 0 N–H and O–H groups in total. The van der Waals surface area contributed by atoms with Crippen LogP contribution in [-0.2, 0) is 0 Å². The molecule has 1 aromatic carbocycles. The van der Waals surface area contributed by atoms with Crippen LogP contribution >= 0.6 is 34.7 Å². The van der Waals surface area contributed by atoms with Crippen LogP contribution in [0.5, 0.6) is 0 Å². The number of rotatable bonds is 4. The molecule has 0 aliphatic heterocycles. The Morgan fingerprint density at radius 1 is 1.38 bits per heavy atom. The molecule has 0 saturated heterocycles. The molecule has 0 bridgehead atoms. The van der Waals surface area contributed by atoms with Gasteiger partial charge in [0, 0.05) is 22.2 Å². The summed E-state index contributed by atoms with van der Waals surface area (Å²) in [4.78, 5) is 15.9. The standard InChI is InChI=1S/C11H8ClNOS2/c12-9-3-1-8(2-4-9)10(14)7-16-11-13-5-6-15-11/h1-6H,7H2. The van der Waals surface area contributed by atoms with Crippen molar-refractivity contribution in [3.63, 3.8) is 0 Å². The largest absolute Gasteiger partial charge is 0.293 e. The third kappa shape index (κ3) is 3.07. The summed E-state index contributed by atoms with van der Waals surface area (Å²) in [7, 11) is 0. The first-order valence-electron chi connectivity index (χ1n) is 4.57. The second-order valence-corrected chi connectivity index (χ2v) is 5.57. The molecule has 0 aliphatic carbocycles. The van der Waals surface area contributed by atoms with Gasteiger partial charge >= 0.3 is 0 Å². The van der Waals surface area contributed by atoms with Gasteiger partial charge in [0.2, 0.25) is 0 Å². The van der Waals surface area contributed by atoms with Crippen molar-refractivity contribution in [1.82, 2.24) is 4.98 Å². The Hall–Kier alpha value is -0.840. The minimum absolute atomic E-state index is 0.0943. The third-order valence-corrected chi connectivity index (χ3v) is 4.12. The molecule has 0 saturated carbocycles. The average molecular weight is 270 g/mol. The smallest absolute Gasteiger partial charge is 0.173 e. The van der Waals surface area contributed by atoms with Crippen molar-refractivity contribution in [2.24, 2.45) is 0 Å². The molecule has 2 nitrogen and oxygen atoms in total. The molecule has 0 fully saturated rings. The molecular weight excluding hydrogens is 262 g/mol. The van der Waals surface area contributed by atoms with E-state index >= 15 is 0 Å². The van der Waals surface area contributed by atoms with E-state index in [-0.39, 0.29) is 5.78 Å². The molecule has 2 aromatic rings. The van der Waals surface area contributed by atoms with Gasteiger partial charge in [-0.1, -0.05) is 23.4 Å². The van der Waals surface area contributed by atoms with Crippen molar-refractivity contribution in [3.05, 3.63) is 46.4 Å². The average Bonchev–Trinajstić information content (AvgIpc) is 2.80. The Bertz CT molecular complexity index is 467. The van der Waals surface area contributed by atoms with Crippen LogP contribution in [0.1, 0.15) is 10.4 Å². The molecule has 0 aliphatic rings. The van der Waals surface area contributed by atoms with Gasteiger partial charge in [-0.2, -0.15) is 0 Å². The zero-order valence-electron chi connectivity index (χ0n) is 8.22. The number of hydrogen-bond acceptors (Lipinski definition) is 4. The Kier molecular flexibility index (Phi) is 3.98. The van der Waals surface area contributed by atoms with E-state index in [1.165, 1.54) is 11.8 Å². The lowest BCUT2D eigenvalue weighted by molar-refractivity contribution is 0.102. The number of aromatic nitrogens is 1. The van der Waals surface area contributed by atoms with E-state index in [0.29, 0.717) is 16.3 Å². The summed E-state index contributed by atoms with van der Waals surface area (Å²) in [6.45, 7) is 0. The summed E-state index contributed by atoms with van der Waals surface area (Å²) in [6, 6.07) is 6.94. The van der Waals surface area contributed by atoms with E-state index in [1.807, 2.05) is 5.38 Å². The summed E-state index contributed by atoms with van der Waals surface area (Å²) in [5, 5.41) is 2.54. The lowest BCUT2D eigenvalue weighted by Crippen LogP contribution is -2.01. The summed E-state index contributed by atoms with van der Waals surface area (Å²) in [5.41, 5.74) is 0.688. The zero-order valence-corrected chi connectivity index (χ0v) is 10.6. The normalized spacial score (nSPS) is 10.3. The van der Waals surface area contributed by atoms with Gasteiger partial charge < -0.3 is 0 Å². The van der Waals surface area contributed by atoms with Gasteiger partial charge in [-0.15, -0.1) is 11.3 Å². The number of nitrogens with zero attached hydrogens (tertiary/aromatic N) is 1. The highest BCUT2D eigenvalue weighted by Crippen LogP contribution is 2.21. The SMILES string of the molecule is O=C(CSc1nccs1)c1ccc(Cl)cc1. The number of thiazole rings is 1. The lowest BCUT2D eigenvalue weighted by atomic mass is 10.1. The van der Waals surface area contributed by atoms with Gasteiger partial charge in [-0.3, -0.25) is 4.79 Å². The minimum atomic E-state index is 0.0943. The van der Waals surface area contributed by atoms with Crippen LogP contribution in [0, 0.1) is 0 Å². The van der Waals surface area contributed by atoms with E-state index in [1.54, 1.807) is 41.8 Å². The number of halogens is 1. The van der Waals surface area contributed by atoms with Crippen LogP contribution in [-0.4, -0.2) is 16.5 Å². The van der Waals surface area contributed by atoms with Gasteiger partial charge in [0.15, 0.2) is 5.78 Å². The van der Waals surface area contributed by atoms with Crippen molar-refractivity contribution in [2.45, 2.75) is 4.34 Å². The van der Waals surface area contributed by atoms with Gasteiger partial charge in [0.05, 0.1) is 5.75 Å². The van der Waals surface area contributed by atoms with E-state index in [0.717, 1.165) is 4.34 Å². The maximum absolute atomic E-state index is 11.8. The molecule has 0 spiro atoms. The molecule has 1 aromatic heterocycles. The highest BCUT2D eigenvalue weighted by atomic mass is 35.5. The van der Waals surface area contributed by atoms with Gasteiger partial charge in [-0.05, 0) is 24.3 Å². The van der Waals surface area contributed by atoms with E-state index in [2.05, 4.69) is 4.98 Å². The Morgan fingerprint density at radius 2 is 2.12 bits per heavy atom. The van der Waals surface area contributed by atoms with E-state index in [4.69, 9.17) is 11.6 Å². The summed E-state index contributed by atoms with van der Waals surface area (Å²) < 4.78 is 0.919. The van der Waals surface area contributed by atoms with Crippen LogP contribution in [0.15, 0.2) is 40.2 Å². The van der Waals surface area contributed by atoms with Gasteiger partial charge in [0.25, 0.3) is 0 Å². The molecule has 5 heteroatoms. The number of ketones is 1. The van der Waals surface area contributed by atoms with Crippen molar-refractivity contribution in [2.75, 3.05) is 5.75 Å². The maximum Gasteiger partial charge on any atom is 0.173 e. The first kappa shape index (κ1) is 11.6. The minimum Gasteiger partial charge on any atom is -0.293 e. The highest BCUT2D eigenvalue weighted by Gasteiger charge is 2.07. The quantitative estimate of drug-likeness (QED) is 0.625. The van der Waals surface area contributed by atoms with Crippen LogP contribution in [0.2, 0.25) is 5.02 Å². The van der Waals surface area contributed by atoms with E-state index in [9.17, 15) is 4.79 Å². The fourth-order valence-electron chi connectivity index (χ4n) is 1.13. The molecule has 82 valence electrons. The Morgan fingerprint density at radius 3 is 2.75 bits per heavy atom. The van der Waals surface area contributed by atoms with Crippen LogP contribution < -0.4 is 0 Å². The van der Waals surface area contributed by atoms with E-state index < -0.39 is 0 Å². The van der Waals surface area contributed by atoms with Crippen LogP contribution in [0.25, 0.3) is 0 Å². The molecular formula is C11H8ClNOS2. The van der Waals surface area contributed by atoms with Crippen LogP contribution in [0.4, 0.5) is 0 Å². The number of carbonyl (C=O) groups is 1. The Labute approximate surface area is 107 Å². The van der Waals surface area contributed by atoms with Crippen molar-refractivity contribution in [3.8, 4) is 0 Å². The number of Topliss-reactive ketones (excluding diaryl/α,β-unsaturated/α-hetero) is 1. The fourth-order valence-corrected chi connectivity index (χ4v) is 2.79. The second kappa shape index (κ2) is 5.48. The monoisotopic (exact) mass is 269 g/mol. The summed E-state index contributed by atoms with van der Waals surface area (Å²) in [5.74, 6) is 0.506. The first-order valence-corrected chi connectivity index (χ1v) is 6.81. The number of carbonyl (C=O) groups excluding carboxylic acids is 1. The third-order valence-electron chi connectivity index (χ3n) is 1.90. The fraction of sp³-hybridized carbons (Fsp3) is 0.0909. The number of hydrogen-bond donors (Lipinski definition) is 0. The van der Waals surface area contributed by atoms with Gasteiger partial charge in [-0.25, -0.2) is 4.98 Å². The summed E-state index contributed by atoms with van der Waals surface area (Å²) in [6.07, 6.45) is 1.74. The lowest BCUT2D eigenvalue weighted by Gasteiger charge is -1.99. The molecule has 0 radical (unpaired) electrons. The molecule has 0 atom stereocenters. The molecule has 16 heavy (non-hydrogen) atoms. The topological polar surface area (TPSA) is 30.0 Å². The predicted molar refractivity (Wildman–Crippen MR) is 68.6 cm³/mol. The second-order valence-electron chi connectivity index (χ2n) is 3.02. The molecule has 1 heterocycles. The molecule has 0 amide bonds. The molecule has 0 unspecified atom stereocenters. The zero-order chi connectivity index (χ0) is 11.4. The first-order chi connectivity index (χ1) is 7.75. The maximum atomic E-state index is 11.8. The van der Waals surface area contributed by atoms with Crippen molar-refractivity contribution in [1.29, 1.82) is 0 Å². The van der Waals surface area contributed by atoms with Crippen molar-refractivity contribution < 1.29 is 4.79 Å². The molecule has 2 rings (SSSR count). The number of thioether (sulfide) groups is 1. The van der Waals surface area contributed by atoms with Crippen molar-refractivity contribution >= 4 is 40.5 Å². The summed E-state index contributed by atoms with van der Waals surface area (Å²) >= 11 is 8.75. The Balaban J connectivity index is 1.95. The van der Waals surface area contributed by atoms with Crippen LogP contribution in [0.3, 0.4) is 0 Å². The number of benzene rings is 1. The predicted octanol–water partition coefficient (Wildman–Crippen LogP) is 3.77. The van der Waals surface area contributed by atoms with Gasteiger partial charge in [0.1, 0.15) is 4.34 Å².